The predicted octanol–water partition coefficient (Wildman–Crippen LogP) is 1.98. The molecule has 6 N–H and O–H groups in total. The third kappa shape index (κ3) is 10.1. The van der Waals surface area contributed by atoms with Gasteiger partial charge in [0.15, 0.2) is 0 Å². The fourth-order valence-corrected chi connectivity index (χ4v) is 2.69. The van der Waals surface area contributed by atoms with Crippen LogP contribution >= 0.6 is 0 Å². The first-order valence-corrected chi connectivity index (χ1v) is 9.16. The van der Waals surface area contributed by atoms with E-state index in [9.17, 15) is 14.4 Å². The Kier molecular flexibility index (Phi) is 9.71. The Morgan fingerprint density at radius 1 is 1.11 bits per heavy atom. The second-order valence-electron chi connectivity index (χ2n) is 6.92. The van der Waals surface area contributed by atoms with Crippen LogP contribution in [0, 0.1) is 5.92 Å². The van der Waals surface area contributed by atoms with Crippen molar-refractivity contribution < 1.29 is 19.5 Å². The molecular weight excluding hydrogens is 348 g/mol. The largest absolute Gasteiger partial charge is 0.480 e. The van der Waals surface area contributed by atoms with Gasteiger partial charge in [-0.15, -0.1) is 0 Å². The van der Waals surface area contributed by atoms with Gasteiger partial charge in [-0.1, -0.05) is 38.1 Å². The lowest BCUT2D eigenvalue weighted by Crippen LogP contribution is -2.43. The molecule has 0 heterocycles. The van der Waals surface area contributed by atoms with Gasteiger partial charge in [0.05, 0.1) is 0 Å². The summed E-state index contributed by atoms with van der Waals surface area (Å²) in [5, 5.41) is 16.7. The summed E-state index contributed by atoms with van der Waals surface area (Å²) in [6.45, 7) is 5.20. The number of nitrogens with one attached hydrogen (secondary N) is 3. The van der Waals surface area contributed by atoms with E-state index < -0.39 is 18.0 Å². The molecule has 0 aliphatic rings. The summed E-state index contributed by atoms with van der Waals surface area (Å²) < 4.78 is 0. The van der Waals surface area contributed by atoms with E-state index in [1.54, 1.807) is 0 Å². The van der Waals surface area contributed by atoms with Gasteiger partial charge in [0.2, 0.25) is 0 Å². The molecular formula is C19H30N4O4. The summed E-state index contributed by atoms with van der Waals surface area (Å²) in [5.41, 5.74) is 7.24. The molecule has 0 fully saturated rings. The number of nitrogens with two attached hydrogens (primary N) is 1. The number of benzene rings is 1. The molecule has 1 aromatic carbocycles. The Morgan fingerprint density at radius 3 is 2.44 bits per heavy atom. The van der Waals surface area contributed by atoms with E-state index in [1.807, 2.05) is 12.1 Å². The maximum absolute atomic E-state index is 11.8. The summed E-state index contributed by atoms with van der Waals surface area (Å²) in [5.74, 6) is -0.547. The molecule has 0 radical (unpaired) electrons. The van der Waals surface area contributed by atoms with Gasteiger partial charge < -0.3 is 26.8 Å². The molecule has 8 nitrogen and oxygen atoms in total. The summed E-state index contributed by atoms with van der Waals surface area (Å²) in [7, 11) is 0. The highest BCUT2D eigenvalue weighted by molar-refractivity contribution is 5.81. The van der Waals surface area contributed by atoms with Crippen molar-refractivity contribution in [2.75, 3.05) is 6.54 Å². The highest BCUT2D eigenvalue weighted by Gasteiger charge is 2.17. The van der Waals surface area contributed by atoms with Gasteiger partial charge in [0.25, 0.3) is 0 Å². The van der Waals surface area contributed by atoms with Crippen LogP contribution < -0.4 is 21.7 Å². The van der Waals surface area contributed by atoms with Crippen LogP contribution in [0.15, 0.2) is 24.3 Å². The molecule has 150 valence electrons. The fourth-order valence-electron chi connectivity index (χ4n) is 2.69. The second-order valence-corrected chi connectivity index (χ2v) is 6.92. The van der Waals surface area contributed by atoms with E-state index >= 15 is 0 Å². The van der Waals surface area contributed by atoms with Crippen molar-refractivity contribution in [3.63, 3.8) is 0 Å². The maximum atomic E-state index is 11.8. The Labute approximate surface area is 159 Å². The van der Waals surface area contributed by atoms with Crippen LogP contribution in [0.25, 0.3) is 0 Å². The quantitative estimate of drug-likeness (QED) is 0.376. The van der Waals surface area contributed by atoms with Gasteiger partial charge in [-0.3, -0.25) is 0 Å². The van der Waals surface area contributed by atoms with Crippen molar-refractivity contribution in [2.24, 2.45) is 11.7 Å². The van der Waals surface area contributed by atoms with Crippen molar-refractivity contribution in [1.29, 1.82) is 0 Å². The number of carboxylic acids is 1. The molecule has 1 aromatic rings. The monoisotopic (exact) mass is 378 g/mol. The van der Waals surface area contributed by atoms with Gasteiger partial charge in [-0.25, -0.2) is 14.4 Å². The van der Waals surface area contributed by atoms with Gasteiger partial charge >= 0.3 is 18.0 Å². The number of amides is 4. The first-order chi connectivity index (χ1) is 12.8. The topological polar surface area (TPSA) is 134 Å². The van der Waals surface area contributed by atoms with Crippen molar-refractivity contribution in [3.8, 4) is 0 Å². The molecule has 0 aromatic heterocycles. The van der Waals surface area contributed by atoms with Gasteiger partial charge in [-0.05, 0) is 42.7 Å². The maximum Gasteiger partial charge on any atom is 0.326 e. The molecule has 0 aliphatic carbocycles. The number of urea groups is 2. The minimum Gasteiger partial charge on any atom is -0.480 e. The van der Waals surface area contributed by atoms with Crippen LogP contribution in [0.2, 0.25) is 0 Å². The first-order valence-electron chi connectivity index (χ1n) is 9.16. The summed E-state index contributed by atoms with van der Waals surface area (Å²) >= 11 is 0. The molecule has 27 heavy (non-hydrogen) atoms. The lowest BCUT2D eigenvalue weighted by molar-refractivity contribution is -0.139. The zero-order chi connectivity index (χ0) is 20.2. The van der Waals surface area contributed by atoms with E-state index in [-0.39, 0.29) is 12.5 Å². The first kappa shape index (κ1) is 22.3. The van der Waals surface area contributed by atoms with Crippen molar-refractivity contribution >= 4 is 18.0 Å². The normalized spacial score (nSPS) is 11.7. The number of rotatable bonds is 11. The number of carboxylic acid groups (broad SMARTS) is 1. The van der Waals surface area contributed by atoms with Crippen molar-refractivity contribution in [1.82, 2.24) is 16.0 Å². The summed E-state index contributed by atoms with van der Waals surface area (Å²) in [6.07, 6.45) is 2.39. The lowest BCUT2D eigenvalue weighted by atomic mass is 10.0. The lowest BCUT2D eigenvalue weighted by Gasteiger charge is -2.13. The minimum absolute atomic E-state index is 0.254. The zero-order valence-electron chi connectivity index (χ0n) is 16.0. The Hall–Kier alpha value is -2.77. The number of aliphatic carboxylic acids is 1. The summed E-state index contributed by atoms with van der Waals surface area (Å²) in [6, 6.07) is 6.01. The van der Waals surface area contributed by atoms with Gasteiger partial charge in [0, 0.05) is 13.1 Å². The number of unbranched alkanes of at least 4 members (excludes halogenated alkanes) is 1. The number of carbonyl (C=O) groups is 3. The fraction of sp³-hybridized carbons (Fsp3) is 0.526. The van der Waals surface area contributed by atoms with Crippen LogP contribution in [0.3, 0.4) is 0 Å². The standard InChI is InChI=1S/C19H30N4O4/c1-13(2)10-14-6-5-7-15(11-14)12-22-19(27)21-9-4-3-8-16(17(24)25)23-18(20)26/h5-7,11,13,16H,3-4,8-10,12H2,1-2H3,(H,24,25)(H3,20,23,26)(H2,21,22,27)/t16-/m0/s1. The number of carbonyl (C=O) groups excluding carboxylic acids is 2. The third-order valence-corrected chi connectivity index (χ3v) is 3.91. The Morgan fingerprint density at radius 2 is 1.81 bits per heavy atom. The molecule has 0 bridgehead atoms. The van der Waals surface area contributed by atoms with Crippen LogP contribution in [0.5, 0.6) is 0 Å². The van der Waals surface area contributed by atoms with E-state index in [0.717, 1.165) is 12.0 Å². The van der Waals surface area contributed by atoms with Crippen LogP contribution in [0.1, 0.15) is 44.2 Å². The van der Waals surface area contributed by atoms with E-state index in [0.29, 0.717) is 31.8 Å². The molecule has 0 saturated heterocycles. The highest BCUT2D eigenvalue weighted by Crippen LogP contribution is 2.10. The van der Waals surface area contributed by atoms with Crippen LogP contribution in [-0.2, 0) is 17.8 Å². The van der Waals surface area contributed by atoms with E-state index in [4.69, 9.17) is 10.8 Å². The second kappa shape index (κ2) is 11.8. The number of hydrogen-bond acceptors (Lipinski definition) is 3. The average molecular weight is 378 g/mol. The minimum atomic E-state index is -1.13. The molecule has 0 spiro atoms. The summed E-state index contributed by atoms with van der Waals surface area (Å²) in [4.78, 5) is 33.5. The van der Waals surface area contributed by atoms with E-state index in [1.165, 1.54) is 5.56 Å². The third-order valence-electron chi connectivity index (χ3n) is 3.91. The molecule has 4 amide bonds. The Bertz CT molecular complexity index is 634. The molecule has 0 aliphatic heterocycles. The molecule has 1 atom stereocenters. The van der Waals surface area contributed by atoms with Crippen molar-refractivity contribution in [2.45, 2.75) is 52.1 Å². The number of primary amides is 1. The zero-order valence-corrected chi connectivity index (χ0v) is 16.0. The average Bonchev–Trinajstić information content (AvgIpc) is 2.58. The van der Waals surface area contributed by atoms with Gasteiger partial charge in [-0.2, -0.15) is 0 Å². The Balaban J connectivity index is 2.24. The predicted molar refractivity (Wildman–Crippen MR) is 103 cm³/mol. The number of hydrogen-bond donors (Lipinski definition) is 5. The van der Waals surface area contributed by atoms with Crippen LogP contribution in [0.4, 0.5) is 9.59 Å². The van der Waals surface area contributed by atoms with E-state index in [2.05, 4.69) is 41.9 Å². The highest BCUT2D eigenvalue weighted by atomic mass is 16.4. The van der Waals surface area contributed by atoms with Gasteiger partial charge in [0.1, 0.15) is 6.04 Å². The SMILES string of the molecule is CC(C)Cc1cccc(CNC(=O)NCCCC[C@H](NC(N)=O)C(=O)O)c1. The van der Waals surface area contributed by atoms with Crippen molar-refractivity contribution in [3.05, 3.63) is 35.4 Å². The molecule has 0 saturated carbocycles. The molecule has 1 rings (SSSR count). The van der Waals surface area contributed by atoms with Crippen LogP contribution in [-0.4, -0.2) is 35.7 Å². The smallest absolute Gasteiger partial charge is 0.326 e. The molecule has 8 heteroatoms. The molecule has 0 unspecified atom stereocenters.